The molecule has 1 aliphatic carbocycles. The van der Waals surface area contributed by atoms with E-state index in [0.29, 0.717) is 0 Å². The molecular formula is C30H28S2. The standard InChI is InChI=1S/C30H28S2/c1-2-3-4-8-11-23-18-21-13-16-25-27(29(21)31-23)26-17-14-22-19-24(32-30(22)28(25)26)15-12-20-9-6-5-7-10-20/h5-7,9-10,13-14,16-19H,2-4,8,11-12,15H2,1H3. The number of fused-ring (bicyclic) bond motifs is 8. The minimum absolute atomic E-state index is 1.11. The smallest absolute Gasteiger partial charge is 0.0430 e. The van der Waals surface area contributed by atoms with Crippen LogP contribution in [-0.4, -0.2) is 0 Å². The summed E-state index contributed by atoms with van der Waals surface area (Å²) in [5.74, 6) is 0. The molecule has 3 aromatic carbocycles. The van der Waals surface area contributed by atoms with E-state index in [1.54, 1.807) is 4.88 Å². The highest BCUT2D eigenvalue weighted by atomic mass is 32.1. The van der Waals surface area contributed by atoms with E-state index in [9.17, 15) is 0 Å². The largest absolute Gasteiger partial charge is 0.140 e. The molecule has 5 aromatic rings. The summed E-state index contributed by atoms with van der Waals surface area (Å²) in [5.41, 5.74) is 7.36. The maximum absolute atomic E-state index is 2.44. The minimum Gasteiger partial charge on any atom is -0.140 e. The van der Waals surface area contributed by atoms with E-state index in [1.165, 1.54) is 85.0 Å². The first-order chi connectivity index (χ1) is 15.8. The van der Waals surface area contributed by atoms with E-state index in [0.717, 1.165) is 12.8 Å². The zero-order valence-corrected chi connectivity index (χ0v) is 20.3. The Morgan fingerprint density at radius 3 is 1.84 bits per heavy atom. The van der Waals surface area contributed by atoms with Gasteiger partial charge in [0.2, 0.25) is 0 Å². The molecule has 0 amide bonds. The molecule has 160 valence electrons. The summed E-state index contributed by atoms with van der Waals surface area (Å²) in [5, 5.41) is 2.84. The van der Waals surface area contributed by atoms with Crippen LogP contribution >= 0.6 is 22.7 Å². The quantitative estimate of drug-likeness (QED) is 0.202. The van der Waals surface area contributed by atoms with Crippen molar-refractivity contribution in [3.8, 4) is 22.3 Å². The summed E-state index contributed by atoms with van der Waals surface area (Å²) in [6, 6.07) is 25.1. The molecule has 2 heterocycles. The Hall–Kier alpha value is -2.42. The van der Waals surface area contributed by atoms with Crippen molar-refractivity contribution >= 4 is 42.8 Å². The molecule has 0 nitrogen and oxygen atoms in total. The van der Waals surface area contributed by atoms with Gasteiger partial charge in [-0.3, -0.25) is 0 Å². The third kappa shape index (κ3) is 3.50. The first-order valence-electron chi connectivity index (χ1n) is 12.0. The molecule has 0 saturated carbocycles. The first-order valence-corrected chi connectivity index (χ1v) is 13.6. The molecule has 0 saturated heterocycles. The number of rotatable bonds is 8. The molecule has 0 unspecified atom stereocenters. The average Bonchev–Trinajstić information content (AvgIpc) is 3.40. The van der Waals surface area contributed by atoms with Crippen molar-refractivity contribution in [2.75, 3.05) is 0 Å². The van der Waals surface area contributed by atoms with Crippen molar-refractivity contribution in [2.24, 2.45) is 0 Å². The third-order valence-electron chi connectivity index (χ3n) is 6.79. The molecule has 0 radical (unpaired) electrons. The van der Waals surface area contributed by atoms with Crippen LogP contribution in [0.4, 0.5) is 0 Å². The summed E-state index contributed by atoms with van der Waals surface area (Å²) in [4.78, 5) is 3.05. The highest BCUT2D eigenvalue weighted by Crippen LogP contribution is 2.56. The van der Waals surface area contributed by atoms with Crippen LogP contribution in [-0.2, 0) is 19.3 Å². The summed E-state index contributed by atoms with van der Waals surface area (Å²) in [6.07, 6.45) is 8.81. The van der Waals surface area contributed by atoms with Gasteiger partial charge in [-0.1, -0.05) is 80.8 Å². The zero-order chi connectivity index (χ0) is 21.5. The minimum atomic E-state index is 1.11. The Balaban J connectivity index is 1.29. The van der Waals surface area contributed by atoms with Gasteiger partial charge in [-0.25, -0.2) is 0 Å². The summed E-state index contributed by atoms with van der Waals surface area (Å²) >= 11 is 4.03. The lowest BCUT2D eigenvalue weighted by molar-refractivity contribution is 0.670. The lowest BCUT2D eigenvalue weighted by Crippen LogP contribution is -1.98. The molecule has 0 fully saturated rings. The summed E-state index contributed by atoms with van der Waals surface area (Å²) in [6.45, 7) is 2.29. The van der Waals surface area contributed by atoms with E-state index in [2.05, 4.69) is 73.7 Å². The highest BCUT2D eigenvalue weighted by Gasteiger charge is 2.28. The van der Waals surface area contributed by atoms with Gasteiger partial charge >= 0.3 is 0 Å². The molecule has 0 spiro atoms. The summed E-state index contributed by atoms with van der Waals surface area (Å²) < 4.78 is 2.98. The second kappa shape index (κ2) is 8.50. The van der Waals surface area contributed by atoms with Gasteiger partial charge in [0.25, 0.3) is 0 Å². The van der Waals surface area contributed by atoms with Crippen molar-refractivity contribution in [1.82, 2.24) is 0 Å². The Morgan fingerprint density at radius 1 is 0.594 bits per heavy atom. The van der Waals surface area contributed by atoms with E-state index in [1.807, 2.05) is 22.7 Å². The molecule has 0 aliphatic heterocycles. The van der Waals surface area contributed by atoms with Crippen LogP contribution in [0.15, 0.2) is 66.7 Å². The van der Waals surface area contributed by atoms with Crippen molar-refractivity contribution < 1.29 is 0 Å². The maximum Gasteiger partial charge on any atom is 0.0430 e. The number of thiophene rings is 2. The van der Waals surface area contributed by atoms with E-state index < -0.39 is 0 Å². The lowest BCUT2D eigenvalue weighted by Gasteiger charge is -2.25. The van der Waals surface area contributed by atoms with Crippen LogP contribution in [0.25, 0.3) is 42.4 Å². The Kier molecular flexibility index (Phi) is 5.37. The van der Waals surface area contributed by atoms with Crippen molar-refractivity contribution in [3.63, 3.8) is 0 Å². The number of unbranched alkanes of at least 4 members (excludes halogenated alkanes) is 3. The number of aryl methyl sites for hydroxylation is 3. The van der Waals surface area contributed by atoms with Gasteiger partial charge in [0.1, 0.15) is 0 Å². The monoisotopic (exact) mass is 452 g/mol. The van der Waals surface area contributed by atoms with Gasteiger partial charge in [-0.2, -0.15) is 0 Å². The highest BCUT2D eigenvalue weighted by molar-refractivity contribution is 7.20. The van der Waals surface area contributed by atoms with Gasteiger partial charge in [0, 0.05) is 30.3 Å². The molecule has 2 heteroatoms. The van der Waals surface area contributed by atoms with Crippen LogP contribution in [0.1, 0.15) is 47.9 Å². The average molecular weight is 453 g/mol. The predicted octanol–water partition coefficient (Wildman–Crippen LogP) is 9.67. The molecule has 32 heavy (non-hydrogen) atoms. The number of hydrogen-bond donors (Lipinski definition) is 0. The van der Waals surface area contributed by atoms with Crippen LogP contribution in [0, 0.1) is 0 Å². The van der Waals surface area contributed by atoms with Crippen LogP contribution in [0.3, 0.4) is 0 Å². The van der Waals surface area contributed by atoms with Gasteiger partial charge in [-0.05, 0) is 65.3 Å². The fraction of sp³-hybridized carbons (Fsp3) is 0.267. The van der Waals surface area contributed by atoms with Crippen molar-refractivity contribution in [2.45, 2.75) is 51.9 Å². The topological polar surface area (TPSA) is 0 Å². The molecule has 1 aliphatic rings. The normalized spacial score (nSPS) is 12.2. The third-order valence-corrected chi connectivity index (χ3v) is 9.25. The first kappa shape index (κ1) is 20.2. The fourth-order valence-corrected chi connectivity index (χ4v) is 7.57. The van der Waals surface area contributed by atoms with Crippen molar-refractivity contribution in [3.05, 3.63) is 82.0 Å². The number of hydrogen-bond acceptors (Lipinski definition) is 2. The van der Waals surface area contributed by atoms with Gasteiger partial charge < -0.3 is 0 Å². The fourth-order valence-electron chi connectivity index (χ4n) is 5.09. The Morgan fingerprint density at radius 2 is 1.22 bits per heavy atom. The SMILES string of the molecule is CCCCCCc1cc2ccc3c(c2s1)-c1ccc2cc(CCc4ccccc4)sc2c1-3. The Labute approximate surface area is 198 Å². The number of benzene rings is 3. The molecule has 0 bridgehead atoms. The maximum atomic E-state index is 2.44. The van der Waals surface area contributed by atoms with Gasteiger partial charge in [0.15, 0.2) is 0 Å². The molecule has 0 atom stereocenters. The second-order valence-corrected chi connectivity index (χ2v) is 11.3. The zero-order valence-electron chi connectivity index (χ0n) is 18.6. The molecule has 6 rings (SSSR count). The van der Waals surface area contributed by atoms with Crippen LogP contribution in [0.5, 0.6) is 0 Å². The van der Waals surface area contributed by atoms with E-state index in [-0.39, 0.29) is 0 Å². The summed E-state index contributed by atoms with van der Waals surface area (Å²) in [7, 11) is 0. The predicted molar refractivity (Wildman–Crippen MR) is 143 cm³/mol. The van der Waals surface area contributed by atoms with Crippen molar-refractivity contribution in [1.29, 1.82) is 0 Å². The van der Waals surface area contributed by atoms with Gasteiger partial charge in [-0.15, -0.1) is 22.7 Å². The second-order valence-electron chi connectivity index (χ2n) is 9.03. The van der Waals surface area contributed by atoms with E-state index in [4.69, 9.17) is 0 Å². The Bertz CT molecular complexity index is 1400. The lowest BCUT2D eigenvalue weighted by atomic mass is 9.79. The van der Waals surface area contributed by atoms with Crippen LogP contribution in [0.2, 0.25) is 0 Å². The van der Waals surface area contributed by atoms with Crippen LogP contribution < -0.4 is 0 Å². The molecule has 2 aromatic heterocycles. The van der Waals surface area contributed by atoms with E-state index >= 15 is 0 Å². The molecular weight excluding hydrogens is 424 g/mol. The van der Waals surface area contributed by atoms with Gasteiger partial charge in [0.05, 0.1) is 0 Å². The molecule has 0 N–H and O–H groups in total.